The predicted octanol–water partition coefficient (Wildman–Crippen LogP) is 5.00. The molecule has 1 aliphatic rings. The number of nitrogens with zero attached hydrogens (tertiary/aromatic N) is 1. The minimum atomic E-state index is -4.42. The van der Waals surface area contributed by atoms with E-state index < -0.39 is 29.7 Å². The van der Waals surface area contributed by atoms with Crippen LogP contribution in [0, 0.1) is 5.92 Å². The van der Waals surface area contributed by atoms with E-state index in [1.54, 1.807) is 12.1 Å². The average Bonchev–Trinajstić information content (AvgIpc) is 2.75. The molecule has 1 fully saturated rings. The number of carboxylic acids is 1. The molecule has 2 unspecified atom stereocenters. The third-order valence-corrected chi connectivity index (χ3v) is 5.52. The van der Waals surface area contributed by atoms with Crippen LogP contribution in [0.25, 0.3) is 0 Å². The quantitative estimate of drug-likeness (QED) is 0.661. The first-order valence-electron chi connectivity index (χ1n) is 10.2. The highest BCUT2D eigenvalue weighted by molar-refractivity contribution is 5.70. The standard InChI is InChI=1S/C23H26F3NO4/c1-3-31-19-11-8-16(13-20(19)30-2)21(27-12-4-5-17(14-27)22(28)29)15-6-9-18(10-7-15)23(24,25)26/h6-11,13,17,21H,3-5,12,14H2,1-2H3,(H,28,29). The number of rotatable bonds is 7. The van der Waals surface area contributed by atoms with Gasteiger partial charge >= 0.3 is 12.1 Å². The van der Waals surface area contributed by atoms with Gasteiger partial charge in [0.1, 0.15) is 0 Å². The van der Waals surface area contributed by atoms with Crippen molar-refractivity contribution in [2.75, 3.05) is 26.8 Å². The van der Waals surface area contributed by atoms with E-state index >= 15 is 0 Å². The van der Waals surface area contributed by atoms with Crippen molar-refractivity contribution >= 4 is 5.97 Å². The Balaban J connectivity index is 2.03. The van der Waals surface area contributed by atoms with Crippen LogP contribution in [0.3, 0.4) is 0 Å². The fourth-order valence-corrected chi connectivity index (χ4v) is 4.04. The Morgan fingerprint density at radius 3 is 2.42 bits per heavy atom. The number of carboxylic acid groups (broad SMARTS) is 1. The molecule has 0 radical (unpaired) electrons. The first kappa shape index (κ1) is 22.9. The normalized spacial score (nSPS) is 18.4. The zero-order chi connectivity index (χ0) is 22.6. The number of halogens is 3. The van der Waals surface area contributed by atoms with Gasteiger partial charge in [0.15, 0.2) is 11.5 Å². The lowest BCUT2D eigenvalue weighted by molar-refractivity contribution is -0.144. The Bertz CT molecular complexity index is 899. The number of alkyl halides is 3. The first-order chi connectivity index (χ1) is 14.7. The fourth-order valence-electron chi connectivity index (χ4n) is 4.04. The van der Waals surface area contributed by atoms with E-state index in [0.29, 0.717) is 49.6 Å². The van der Waals surface area contributed by atoms with Crippen molar-refractivity contribution in [1.82, 2.24) is 4.90 Å². The Morgan fingerprint density at radius 2 is 1.84 bits per heavy atom. The summed E-state index contributed by atoms with van der Waals surface area (Å²) in [5.41, 5.74) is 0.734. The lowest BCUT2D eigenvalue weighted by Gasteiger charge is -2.38. The molecule has 3 rings (SSSR count). The molecule has 0 saturated carbocycles. The SMILES string of the molecule is CCOc1ccc(C(c2ccc(C(F)(F)F)cc2)N2CCCC(C(=O)O)C2)cc1OC. The topological polar surface area (TPSA) is 59.0 Å². The van der Waals surface area contributed by atoms with Crippen molar-refractivity contribution < 1.29 is 32.5 Å². The third-order valence-electron chi connectivity index (χ3n) is 5.52. The highest BCUT2D eigenvalue weighted by Gasteiger charge is 2.33. The molecule has 31 heavy (non-hydrogen) atoms. The van der Waals surface area contributed by atoms with E-state index in [2.05, 4.69) is 0 Å². The molecule has 1 aliphatic heterocycles. The minimum absolute atomic E-state index is 0.316. The molecule has 0 aliphatic carbocycles. The number of benzene rings is 2. The smallest absolute Gasteiger partial charge is 0.416 e. The number of aliphatic carboxylic acids is 1. The van der Waals surface area contributed by atoms with Crippen molar-refractivity contribution in [1.29, 1.82) is 0 Å². The summed E-state index contributed by atoms with van der Waals surface area (Å²) in [5, 5.41) is 9.49. The Hall–Kier alpha value is -2.74. The van der Waals surface area contributed by atoms with Gasteiger partial charge in [-0.3, -0.25) is 9.69 Å². The van der Waals surface area contributed by atoms with Crippen molar-refractivity contribution in [2.45, 2.75) is 32.0 Å². The largest absolute Gasteiger partial charge is 0.493 e. The second-order valence-electron chi connectivity index (χ2n) is 7.54. The van der Waals surface area contributed by atoms with Gasteiger partial charge < -0.3 is 14.6 Å². The maximum atomic E-state index is 13.0. The summed E-state index contributed by atoms with van der Waals surface area (Å²) in [6, 6.07) is 10.1. The zero-order valence-corrected chi connectivity index (χ0v) is 17.5. The van der Waals surface area contributed by atoms with E-state index in [1.807, 2.05) is 17.9 Å². The van der Waals surface area contributed by atoms with Gasteiger partial charge in [0, 0.05) is 6.54 Å². The molecule has 0 spiro atoms. The van der Waals surface area contributed by atoms with E-state index in [-0.39, 0.29) is 0 Å². The van der Waals surface area contributed by atoms with Gasteiger partial charge in [-0.2, -0.15) is 13.2 Å². The molecule has 0 aromatic heterocycles. The Morgan fingerprint density at radius 1 is 1.16 bits per heavy atom. The molecular weight excluding hydrogens is 411 g/mol. The molecule has 2 atom stereocenters. The third kappa shape index (κ3) is 5.31. The molecule has 8 heteroatoms. The van der Waals surface area contributed by atoms with Crippen LogP contribution in [0.5, 0.6) is 11.5 Å². The van der Waals surface area contributed by atoms with Gasteiger partial charge in [-0.05, 0) is 61.7 Å². The molecule has 1 N–H and O–H groups in total. The molecule has 1 saturated heterocycles. The summed E-state index contributed by atoms with van der Waals surface area (Å²) >= 11 is 0. The number of likely N-dealkylation sites (tertiary alicyclic amines) is 1. The maximum absolute atomic E-state index is 13.0. The van der Waals surface area contributed by atoms with Crippen molar-refractivity contribution in [3.05, 3.63) is 59.2 Å². The van der Waals surface area contributed by atoms with Gasteiger partial charge in [-0.15, -0.1) is 0 Å². The summed E-state index contributed by atoms with van der Waals surface area (Å²) in [5.74, 6) is -0.291. The first-order valence-corrected chi connectivity index (χ1v) is 10.2. The zero-order valence-electron chi connectivity index (χ0n) is 17.5. The molecule has 1 heterocycles. The summed E-state index contributed by atoms with van der Waals surface area (Å²) in [7, 11) is 1.52. The van der Waals surface area contributed by atoms with Gasteiger partial charge in [0.2, 0.25) is 0 Å². The highest BCUT2D eigenvalue weighted by atomic mass is 19.4. The molecule has 2 aromatic rings. The molecular formula is C23H26F3NO4. The monoisotopic (exact) mass is 437 g/mol. The second-order valence-corrected chi connectivity index (χ2v) is 7.54. The number of hydrogen-bond donors (Lipinski definition) is 1. The van der Waals surface area contributed by atoms with Crippen molar-refractivity contribution in [2.24, 2.45) is 5.92 Å². The number of ether oxygens (including phenoxy) is 2. The number of hydrogen-bond acceptors (Lipinski definition) is 4. The van der Waals surface area contributed by atoms with E-state index in [4.69, 9.17) is 9.47 Å². The minimum Gasteiger partial charge on any atom is -0.493 e. The molecule has 0 amide bonds. The van der Waals surface area contributed by atoms with Crippen molar-refractivity contribution in [3.63, 3.8) is 0 Å². The lowest BCUT2D eigenvalue weighted by atomic mass is 9.91. The van der Waals surface area contributed by atoms with E-state index in [0.717, 1.165) is 17.7 Å². The van der Waals surface area contributed by atoms with Crippen LogP contribution in [0.15, 0.2) is 42.5 Å². The maximum Gasteiger partial charge on any atom is 0.416 e. The van der Waals surface area contributed by atoms with Crippen LogP contribution in [-0.2, 0) is 11.0 Å². The van der Waals surface area contributed by atoms with Crippen LogP contribution in [0.2, 0.25) is 0 Å². The van der Waals surface area contributed by atoms with E-state index in [1.165, 1.54) is 19.2 Å². The number of carbonyl (C=O) groups is 1. The summed E-state index contributed by atoms with van der Waals surface area (Å²) in [4.78, 5) is 13.6. The molecule has 2 aromatic carbocycles. The summed E-state index contributed by atoms with van der Waals surface area (Å²) in [6.07, 6.45) is -3.14. The molecule has 168 valence electrons. The predicted molar refractivity (Wildman–Crippen MR) is 109 cm³/mol. The molecule has 5 nitrogen and oxygen atoms in total. The summed E-state index contributed by atoms with van der Waals surface area (Å²) in [6.45, 7) is 3.28. The average molecular weight is 437 g/mol. The van der Waals surface area contributed by atoms with E-state index in [9.17, 15) is 23.1 Å². The number of methoxy groups -OCH3 is 1. The van der Waals surface area contributed by atoms with Crippen LogP contribution in [0.4, 0.5) is 13.2 Å². The van der Waals surface area contributed by atoms with Crippen LogP contribution in [-0.4, -0.2) is 42.8 Å². The van der Waals surface area contributed by atoms with Crippen LogP contribution < -0.4 is 9.47 Å². The lowest BCUT2D eigenvalue weighted by Crippen LogP contribution is -2.41. The van der Waals surface area contributed by atoms with Gasteiger partial charge in [-0.25, -0.2) is 0 Å². The van der Waals surface area contributed by atoms with Crippen molar-refractivity contribution in [3.8, 4) is 11.5 Å². The highest BCUT2D eigenvalue weighted by Crippen LogP contribution is 2.38. The van der Waals surface area contributed by atoms with Crippen LogP contribution >= 0.6 is 0 Å². The summed E-state index contributed by atoms with van der Waals surface area (Å²) < 4.78 is 50.2. The molecule has 0 bridgehead atoms. The number of piperidine rings is 1. The van der Waals surface area contributed by atoms with Crippen LogP contribution in [0.1, 0.15) is 42.5 Å². The van der Waals surface area contributed by atoms with Gasteiger partial charge in [0.25, 0.3) is 0 Å². The fraction of sp³-hybridized carbons (Fsp3) is 0.435. The van der Waals surface area contributed by atoms with Gasteiger partial charge in [0.05, 0.1) is 31.2 Å². The van der Waals surface area contributed by atoms with Gasteiger partial charge in [-0.1, -0.05) is 18.2 Å². The Kier molecular flexibility index (Phi) is 7.10. The second kappa shape index (κ2) is 9.60. The Labute approximate surface area is 179 Å².